The molecular formula is C22H29ClN4. The number of imidazole rings is 1. The van der Waals surface area contributed by atoms with Gasteiger partial charge in [-0.15, -0.1) is 9.61 Å². The van der Waals surface area contributed by atoms with Crippen molar-refractivity contribution in [2.24, 2.45) is 0 Å². The first kappa shape index (κ1) is 18.5. The van der Waals surface area contributed by atoms with Gasteiger partial charge in [-0.3, -0.25) is 5.32 Å². The Bertz CT molecular complexity index is 907. The Morgan fingerprint density at radius 1 is 0.926 bits per heavy atom. The molecule has 1 aromatic carbocycles. The van der Waals surface area contributed by atoms with Crippen LogP contribution in [0.2, 0.25) is 0 Å². The molecule has 0 bridgehead atoms. The lowest BCUT2D eigenvalue weighted by Crippen LogP contribution is -3.00. The molecule has 0 unspecified atom stereocenters. The molecule has 2 fully saturated rings. The summed E-state index contributed by atoms with van der Waals surface area (Å²) in [7, 11) is 0. The predicted octanol–water partition coefficient (Wildman–Crippen LogP) is 2.03. The number of benzene rings is 1. The number of hydrogen-bond donors (Lipinski definition) is 1. The van der Waals surface area contributed by atoms with E-state index in [1.54, 1.807) is 0 Å². The second-order valence-corrected chi connectivity index (χ2v) is 8.17. The van der Waals surface area contributed by atoms with Crippen LogP contribution in [0.4, 0.5) is 5.82 Å². The first-order valence-corrected chi connectivity index (χ1v) is 10.5. The number of rotatable bonds is 3. The lowest BCUT2D eigenvalue weighted by atomic mass is 9.94. The molecule has 2 heterocycles. The monoisotopic (exact) mass is 384 g/mol. The van der Waals surface area contributed by atoms with E-state index in [1.165, 1.54) is 86.3 Å². The second-order valence-electron chi connectivity index (χ2n) is 8.17. The lowest BCUT2D eigenvalue weighted by Gasteiger charge is -2.24. The molecule has 5 rings (SSSR count). The van der Waals surface area contributed by atoms with Crippen molar-refractivity contribution in [3.05, 3.63) is 36.8 Å². The van der Waals surface area contributed by atoms with E-state index in [4.69, 9.17) is 5.10 Å². The Labute approximate surface area is 167 Å². The van der Waals surface area contributed by atoms with Gasteiger partial charge in [0.1, 0.15) is 0 Å². The van der Waals surface area contributed by atoms with Crippen molar-refractivity contribution in [3.63, 3.8) is 0 Å². The molecule has 27 heavy (non-hydrogen) atoms. The van der Waals surface area contributed by atoms with E-state index in [0.717, 1.165) is 0 Å². The Kier molecular flexibility index (Phi) is 5.53. The lowest BCUT2D eigenvalue weighted by molar-refractivity contribution is -0.711. The van der Waals surface area contributed by atoms with Gasteiger partial charge in [0, 0.05) is 10.8 Å². The smallest absolute Gasteiger partial charge is 0.264 e. The molecule has 4 nitrogen and oxygen atoms in total. The number of halogens is 1. The minimum Gasteiger partial charge on any atom is -1.00 e. The van der Waals surface area contributed by atoms with Crippen molar-refractivity contribution in [2.45, 2.75) is 76.3 Å². The fraction of sp³-hybridized carbons (Fsp3) is 0.545. The standard InChI is InChI=1S/C22H29N4.ClH/c1-3-10-18(11-4-1)24-22-21-20-14-8-7-9-17(20)15-23-26(21)16-25(22)19-12-5-2-6-13-19;/h7-9,14-16,18-19,24H,1-6,10-13H2;1H/q+1;/p-1. The van der Waals surface area contributed by atoms with E-state index >= 15 is 0 Å². The zero-order chi connectivity index (χ0) is 17.3. The van der Waals surface area contributed by atoms with E-state index < -0.39 is 0 Å². The highest BCUT2D eigenvalue weighted by Crippen LogP contribution is 2.31. The molecule has 2 aliphatic carbocycles. The Hall–Kier alpha value is -1.81. The van der Waals surface area contributed by atoms with Gasteiger partial charge in [0.25, 0.3) is 5.82 Å². The molecular weight excluding hydrogens is 356 g/mol. The molecule has 1 N–H and O–H groups in total. The van der Waals surface area contributed by atoms with Gasteiger partial charge in [-0.05, 0) is 38.5 Å². The van der Waals surface area contributed by atoms with E-state index in [2.05, 4.69) is 45.0 Å². The fourth-order valence-electron chi connectivity index (χ4n) is 4.97. The molecule has 5 heteroatoms. The van der Waals surface area contributed by atoms with Crippen LogP contribution in [0.5, 0.6) is 0 Å². The summed E-state index contributed by atoms with van der Waals surface area (Å²) in [4.78, 5) is 0. The van der Waals surface area contributed by atoms with Crippen LogP contribution < -0.4 is 22.3 Å². The highest BCUT2D eigenvalue weighted by molar-refractivity contribution is 5.99. The van der Waals surface area contributed by atoms with Crippen molar-refractivity contribution in [1.82, 2.24) is 9.61 Å². The van der Waals surface area contributed by atoms with Crippen molar-refractivity contribution in [1.29, 1.82) is 0 Å². The van der Waals surface area contributed by atoms with Gasteiger partial charge < -0.3 is 12.4 Å². The van der Waals surface area contributed by atoms with Gasteiger partial charge >= 0.3 is 0 Å². The SMILES string of the molecule is [Cl-].c1ccc2c(c1)cnn1c[n+](C3CCCCC3)c(NC3CCCCC3)c21. The minimum absolute atomic E-state index is 0. The maximum absolute atomic E-state index is 4.73. The highest BCUT2D eigenvalue weighted by Gasteiger charge is 2.29. The van der Waals surface area contributed by atoms with Crippen LogP contribution in [0, 0.1) is 0 Å². The van der Waals surface area contributed by atoms with Gasteiger partial charge in [0.05, 0.1) is 18.3 Å². The van der Waals surface area contributed by atoms with Crippen molar-refractivity contribution in [2.75, 3.05) is 5.32 Å². The van der Waals surface area contributed by atoms with Crippen LogP contribution >= 0.6 is 0 Å². The summed E-state index contributed by atoms with van der Waals surface area (Å²) >= 11 is 0. The highest BCUT2D eigenvalue weighted by atomic mass is 35.5. The first-order chi connectivity index (χ1) is 12.9. The van der Waals surface area contributed by atoms with Gasteiger partial charge in [-0.2, -0.15) is 0 Å². The number of anilines is 1. The van der Waals surface area contributed by atoms with Gasteiger partial charge in [-0.25, -0.2) is 4.57 Å². The van der Waals surface area contributed by atoms with Crippen LogP contribution in [-0.4, -0.2) is 15.7 Å². The van der Waals surface area contributed by atoms with E-state index in [1.807, 2.05) is 6.20 Å². The van der Waals surface area contributed by atoms with Crippen molar-refractivity contribution >= 4 is 22.1 Å². The summed E-state index contributed by atoms with van der Waals surface area (Å²) in [5.74, 6) is 1.30. The van der Waals surface area contributed by atoms with Crippen LogP contribution in [0.1, 0.15) is 70.3 Å². The summed E-state index contributed by atoms with van der Waals surface area (Å²) < 4.78 is 4.62. The summed E-state index contributed by atoms with van der Waals surface area (Å²) in [6, 6.07) is 9.87. The van der Waals surface area contributed by atoms with Crippen LogP contribution in [0.3, 0.4) is 0 Å². The Morgan fingerprint density at radius 3 is 2.41 bits per heavy atom. The predicted molar refractivity (Wildman–Crippen MR) is 106 cm³/mol. The van der Waals surface area contributed by atoms with Crippen molar-refractivity contribution < 1.29 is 17.0 Å². The summed E-state index contributed by atoms with van der Waals surface area (Å²) in [6.07, 6.45) is 17.6. The van der Waals surface area contributed by atoms with Gasteiger partial charge in [-0.1, -0.05) is 49.9 Å². The second kappa shape index (κ2) is 8.05. The average molecular weight is 385 g/mol. The third kappa shape index (κ3) is 3.52. The number of aromatic nitrogens is 3. The minimum atomic E-state index is 0. The number of nitrogens with one attached hydrogen (secondary N) is 1. The first-order valence-electron chi connectivity index (χ1n) is 10.5. The summed E-state index contributed by atoms with van der Waals surface area (Å²) in [5, 5.41) is 11.2. The molecule has 2 aliphatic rings. The summed E-state index contributed by atoms with van der Waals surface area (Å²) in [5.41, 5.74) is 1.25. The third-order valence-electron chi connectivity index (χ3n) is 6.40. The zero-order valence-electron chi connectivity index (χ0n) is 15.9. The van der Waals surface area contributed by atoms with E-state index in [9.17, 15) is 0 Å². The molecule has 2 saturated carbocycles. The quantitative estimate of drug-likeness (QED) is 0.701. The average Bonchev–Trinajstić information content (AvgIpc) is 3.08. The molecule has 3 aromatic rings. The van der Waals surface area contributed by atoms with Crippen LogP contribution in [0.15, 0.2) is 36.8 Å². The van der Waals surface area contributed by atoms with Crippen LogP contribution in [0.25, 0.3) is 16.3 Å². The van der Waals surface area contributed by atoms with Gasteiger partial charge in [0.15, 0.2) is 0 Å². The molecule has 0 saturated heterocycles. The molecule has 0 spiro atoms. The zero-order valence-corrected chi connectivity index (χ0v) is 16.7. The molecule has 2 aromatic heterocycles. The topological polar surface area (TPSA) is 33.2 Å². The molecule has 0 amide bonds. The largest absolute Gasteiger partial charge is 1.00 e. The number of hydrogen-bond acceptors (Lipinski definition) is 2. The van der Waals surface area contributed by atoms with E-state index in [-0.39, 0.29) is 12.4 Å². The Morgan fingerprint density at radius 2 is 1.63 bits per heavy atom. The third-order valence-corrected chi connectivity index (χ3v) is 6.40. The van der Waals surface area contributed by atoms with E-state index in [0.29, 0.717) is 12.1 Å². The summed E-state index contributed by atoms with van der Waals surface area (Å²) in [6.45, 7) is 0. The molecule has 0 atom stereocenters. The molecule has 144 valence electrons. The fourth-order valence-corrected chi connectivity index (χ4v) is 4.97. The maximum atomic E-state index is 4.73. The number of nitrogens with zero attached hydrogens (tertiary/aromatic N) is 3. The van der Waals surface area contributed by atoms with Crippen LogP contribution in [-0.2, 0) is 0 Å². The normalized spacial score (nSPS) is 19.3. The number of fused-ring (bicyclic) bond motifs is 3. The Balaban J connectivity index is 0.00000180. The maximum Gasteiger partial charge on any atom is 0.264 e. The van der Waals surface area contributed by atoms with Gasteiger partial charge in [0.2, 0.25) is 11.8 Å². The van der Waals surface area contributed by atoms with Crippen molar-refractivity contribution in [3.8, 4) is 0 Å². The molecule has 0 aliphatic heterocycles. The molecule has 0 radical (unpaired) electrons.